The van der Waals surface area contributed by atoms with Crippen molar-refractivity contribution in [3.05, 3.63) is 12.4 Å². The lowest BCUT2D eigenvalue weighted by Gasteiger charge is -2.42. The maximum Gasteiger partial charge on any atom is 0.131 e. The summed E-state index contributed by atoms with van der Waals surface area (Å²) in [5.74, 6) is 1.37. The molecule has 0 atom stereocenters. The average molecular weight is 192 g/mol. The van der Waals surface area contributed by atoms with Gasteiger partial charge in [-0.1, -0.05) is 6.92 Å². The lowest BCUT2D eigenvalue weighted by Crippen LogP contribution is -2.44. The Morgan fingerprint density at radius 2 is 2.29 bits per heavy atom. The molecular formula is C10H16N4. The van der Waals surface area contributed by atoms with Crippen molar-refractivity contribution >= 4 is 11.6 Å². The van der Waals surface area contributed by atoms with Gasteiger partial charge in [0.2, 0.25) is 0 Å². The summed E-state index contributed by atoms with van der Waals surface area (Å²) in [5, 5.41) is 3.45. The molecule has 0 aromatic carbocycles. The number of aromatic nitrogens is 2. The van der Waals surface area contributed by atoms with Gasteiger partial charge in [-0.3, -0.25) is 0 Å². The average Bonchev–Trinajstić information content (AvgIpc) is 2.11. The number of nitrogens with one attached hydrogen (secondary N) is 1. The Morgan fingerprint density at radius 1 is 1.50 bits per heavy atom. The molecule has 14 heavy (non-hydrogen) atoms. The van der Waals surface area contributed by atoms with Crippen molar-refractivity contribution in [1.82, 2.24) is 9.97 Å². The van der Waals surface area contributed by atoms with E-state index < -0.39 is 0 Å². The number of anilines is 2. The second-order valence-corrected chi connectivity index (χ2v) is 3.94. The van der Waals surface area contributed by atoms with Gasteiger partial charge in [0.1, 0.15) is 18.0 Å². The summed E-state index contributed by atoms with van der Waals surface area (Å²) < 4.78 is 0. The van der Waals surface area contributed by atoms with Crippen LogP contribution in [0.3, 0.4) is 0 Å². The molecule has 0 unspecified atom stereocenters. The molecule has 0 bridgehead atoms. The molecule has 1 aromatic heterocycles. The van der Waals surface area contributed by atoms with Crippen LogP contribution in [0.5, 0.6) is 0 Å². The molecule has 1 aliphatic carbocycles. The van der Waals surface area contributed by atoms with E-state index in [0.29, 0.717) is 5.82 Å². The van der Waals surface area contributed by atoms with Gasteiger partial charge in [-0.15, -0.1) is 0 Å². The standard InChI is InChI=1S/C10H16N4/c1-2-10(4-3-5-10)14-9-6-8(11)12-7-13-9/h6-7H,2-5H2,1H3,(H3,11,12,13,14). The third-order valence-electron chi connectivity index (χ3n) is 3.07. The highest BCUT2D eigenvalue weighted by Crippen LogP contribution is 2.37. The summed E-state index contributed by atoms with van der Waals surface area (Å²) in [7, 11) is 0. The Kier molecular flexibility index (Phi) is 2.27. The number of rotatable bonds is 3. The van der Waals surface area contributed by atoms with Gasteiger partial charge in [-0.2, -0.15) is 0 Å². The zero-order valence-electron chi connectivity index (χ0n) is 8.45. The SMILES string of the molecule is CCC1(Nc2cc(N)ncn2)CCC1. The molecule has 1 fully saturated rings. The van der Waals surface area contributed by atoms with Crippen LogP contribution in [0.4, 0.5) is 11.6 Å². The van der Waals surface area contributed by atoms with Crippen LogP contribution < -0.4 is 11.1 Å². The van der Waals surface area contributed by atoms with Crippen LogP contribution >= 0.6 is 0 Å². The third kappa shape index (κ3) is 1.64. The van der Waals surface area contributed by atoms with Gasteiger partial charge >= 0.3 is 0 Å². The second kappa shape index (κ2) is 3.44. The molecule has 4 nitrogen and oxygen atoms in total. The quantitative estimate of drug-likeness (QED) is 0.766. The summed E-state index contributed by atoms with van der Waals surface area (Å²) in [5.41, 5.74) is 5.85. The highest BCUT2D eigenvalue weighted by molar-refractivity contribution is 5.45. The van der Waals surface area contributed by atoms with E-state index in [2.05, 4.69) is 22.2 Å². The molecule has 0 saturated heterocycles. The Hall–Kier alpha value is -1.32. The van der Waals surface area contributed by atoms with Crippen LogP contribution in [-0.2, 0) is 0 Å². The van der Waals surface area contributed by atoms with E-state index in [9.17, 15) is 0 Å². The van der Waals surface area contributed by atoms with Crippen molar-refractivity contribution in [3.8, 4) is 0 Å². The first-order valence-corrected chi connectivity index (χ1v) is 5.10. The number of hydrogen-bond donors (Lipinski definition) is 2. The van der Waals surface area contributed by atoms with E-state index in [1.54, 1.807) is 6.07 Å². The number of hydrogen-bond acceptors (Lipinski definition) is 4. The van der Waals surface area contributed by atoms with E-state index in [1.807, 2.05) is 0 Å². The van der Waals surface area contributed by atoms with Crippen LogP contribution in [0.2, 0.25) is 0 Å². The van der Waals surface area contributed by atoms with Crippen molar-refractivity contribution in [1.29, 1.82) is 0 Å². The predicted octanol–water partition coefficient (Wildman–Crippen LogP) is 1.80. The normalized spacial score (nSPS) is 18.6. The van der Waals surface area contributed by atoms with Crippen molar-refractivity contribution in [2.24, 2.45) is 0 Å². The minimum Gasteiger partial charge on any atom is -0.384 e. The van der Waals surface area contributed by atoms with Gasteiger partial charge < -0.3 is 11.1 Å². The number of nitrogens with two attached hydrogens (primary N) is 1. The first-order chi connectivity index (χ1) is 6.74. The molecule has 0 radical (unpaired) electrons. The topological polar surface area (TPSA) is 63.8 Å². The fourth-order valence-electron chi connectivity index (χ4n) is 1.88. The third-order valence-corrected chi connectivity index (χ3v) is 3.07. The summed E-state index contributed by atoms with van der Waals surface area (Å²) in [6, 6.07) is 1.79. The highest BCUT2D eigenvalue weighted by atomic mass is 15.1. The summed E-state index contributed by atoms with van der Waals surface area (Å²) in [6.45, 7) is 2.21. The monoisotopic (exact) mass is 192 g/mol. The molecule has 2 rings (SSSR count). The molecule has 76 valence electrons. The molecule has 4 heteroatoms. The minimum absolute atomic E-state index is 0.265. The Labute approximate surface area is 83.9 Å². The lowest BCUT2D eigenvalue weighted by atomic mass is 9.75. The maximum atomic E-state index is 5.59. The van der Waals surface area contributed by atoms with Gasteiger partial charge in [-0.05, 0) is 25.7 Å². The van der Waals surface area contributed by atoms with Gasteiger partial charge in [0.25, 0.3) is 0 Å². The van der Waals surface area contributed by atoms with Gasteiger partial charge in [0.15, 0.2) is 0 Å². The lowest BCUT2D eigenvalue weighted by molar-refractivity contribution is 0.269. The fraction of sp³-hybridized carbons (Fsp3) is 0.600. The molecule has 0 spiro atoms. The number of nitrogens with zero attached hydrogens (tertiary/aromatic N) is 2. The molecule has 1 aromatic rings. The van der Waals surface area contributed by atoms with E-state index in [1.165, 1.54) is 25.6 Å². The smallest absolute Gasteiger partial charge is 0.131 e. The predicted molar refractivity (Wildman–Crippen MR) is 56.9 cm³/mol. The zero-order valence-corrected chi connectivity index (χ0v) is 8.45. The molecule has 3 N–H and O–H groups in total. The largest absolute Gasteiger partial charge is 0.384 e. The van der Waals surface area contributed by atoms with Crippen LogP contribution in [0.1, 0.15) is 32.6 Å². The van der Waals surface area contributed by atoms with Gasteiger partial charge in [0, 0.05) is 11.6 Å². The molecule has 1 heterocycles. The van der Waals surface area contributed by atoms with Crippen LogP contribution in [0.15, 0.2) is 12.4 Å². The van der Waals surface area contributed by atoms with E-state index in [0.717, 1.165) is 12.2 Å². The van der Waals surface area contributed by atoms with E-state index >= 15 is 0 Å². The van der Waals surface area contributed by atoms with Crippen molar-refractivity contribution in [3.63, 3.8) is 0 Å². The zero-order chi connectivity index (χ0) is 10.0. The molecule has 1 saturated carbocycles. The summed E-state index contributed by atoms with van der Waals surface area (Å²) >= 11 is 0. The first-order valence-electron chi connectivity index (χ1n) is 5.10. The number of nitrogen functional groups attached to an aromatic ring is 1. The van der Waals surface area contributed by atoms with Gasteiger partial charge in [-0.25, -0.2) is 9.97 Å². The van der Waals surface area contributed by atoms with E-state index in [-0.39, 0.29) is 5.54 Å². The van der Waals surface area contributed by atoms with Crippen molar-refractivity contribution in [2.75, 3.05) is 11.1 Å². The van der Waals surface area contributed by atoms with Crippen molar-refractivity contribution in [2.45, 2.75) is 38.1 Å². The van der Waals surface area contributed by atoms with E-state index in [4.69, 9.17) is 5.73 Å². The Balaban J connectivity index is 2.09. The van der Waals surface area contributed by atoms with Crippen LogP contribution in [0, 0.1) is 0 Å². The maximum absolute atomic E-state index is 5.59. The van der Waals surface area contributed by atoms with Crippen LogP contribution in [-0.4, -0.2) is 15.5 Å². The molecule has 0 aliphatic heterocycles. The van der Waals surface area contributed by atoms with Gasteiger partial charge in [0.05, 0.1) is 0 Å². The minimum atomic E-state index is 0.265. The molecular weight excluding hydrogens is 176 g/mol. The summed E-state index contributed by atoms with van der Waals surface area (Å²) in [6.07, 6.45) is 6.40. The first kappa shape index (κ1) is 9.24. The Morgan fingerprint density at radius 3 is 2.79 bits per heavy atom. The van der Waals surface area contributed by atoms with Crippen LogP contribution in [0.25, 0.3) is 0 Å². The summed E-state index contributed by atoms with van der Waals surface area (Å²) in [4.78, 5) is 8.02. The Bertz CT molecular complexity index is 314. The van der Waals surface area contributed by atoms with Crippen molar-refractivity contribution < 1.29 is 0 Å². The molecule has 0 amide bonds. The highest BCUT2D eigenvalue weighted by Gasteiger charge is 2.35. The second-order valence-electron chi connectivity index (χ2n) is 3.94. The fourth-order valence-corrected chi connectivity index (χ4v) is 1.88. The molecule has 1 aliphatic rings.